The van der Waals surface area contributed by atoms with Crippen molar-refractivity contribution in [3.63, 3.8) is 0 Å². The maximum atomic E-state index is 13.4. The molecule has 0 spiro atoms. The van der Waals surface area contributed by atoms with E-state index in [0.29, 0.717) is 29.6 Å². The summed E-state index contributed by atoms with van der Waals surface area (Å²) in [5.41, 5.74) is 1.54. The average Bonchev–Trinajstić information content (AvgIpc) is 2.74. The van der Waals surface area contributed by atoms with Gasteiger partial charge in [-0.15, -0.1) is 0 Å². The number of halogens is 2. The number of aryl methyl sites for hydroxylation is 1. The van der Waals surface area contributed by atoms with Crippen molar-refractivity contribution in [1.82, 2.24) is 9.80 Å². The average molecular weight is 426 g/mol. The van der Waals surface area contributed by atoms with Crippen molar-refractivity contribution < 1.29 is 22.8 Å². The molecule has 160 valence electrons. The van der Waals surface area contributed by atoms with Gasteiger partial charge in [-0.1, -0.05) is 12.1 Å². The molecule has 6 nitrogen and oxygen atoms in total. The molecule has 1 aliphatic heterocycles. The van der Waals surface area contributed by atoms with Gasteiger partial charge >= 0.3 is 5.63 Å². The van der Waals surface area contributed by atoms with Gasteiger partial charge in [0.15, 0.2) is 11.6 Å². The van der Waals surface area contributed by atoms with E-state index < -0.39 is 23.2 Å². The van der Waals surface area contributed by atoms with Crippen LogP contribution in [0, 0.1) is 18.6 Å². The summed E-state index contributed by atoms with van der Waals surface area (Å²) in [6.07, 6.45) is 0.0439. The fraction of sp³-hybridized carbons (Fsp3) is 0.261. The molecule has 1 saturated heterocycles. The Morgan fingerprint density at radius 3 is 2.35 bits per heavy atom. The van der Waals surface area contributed by atoms with E-state index in [2.05, 4.69) is 0 Å². The van der Waals surface area contributed by atoms with Gasteiger partial charge in [-0.2, -0.15) is 0 Å². The van der Waals surface area contributed by atoms with Gasteiger partial charge in [-0.05, 0) is 42.3 Å². The molecule has 31 heavy (non-hydrogen) atoms. The van der Waals surface area contributed by atoms with Crippen molar-refractivity contribution in [3.05, 3.63) is 81.2 Å². The monoisotopic (exact) mass is 426 g/mol. The minimum atomic E-state index is -1.07. The second-order valence-corrected chi connectivity index (χ2v) is 7.57. The molecule has 4 rings (SSSR count). The van der Waals surface area contributed by atoms with Crippen LogP contribution in [0.2, 0.25) is 0 Å². The Balaban J connectivity index is 1.43. The molecule has 1 aliphatic rings. The minimum absolute atomic E-state index is 0.0439. The number of fused-ring (bicyclic) bond motifs is 1. The number of amides is 2. The van der Waals surface area contributed by atoms with Crippen molar-refractivity contribution in [2.24, 2.45) is 0 Å². The van der Waals surface area contributed by atoms with Crippen LogP contribution >= 0.6 is 0 Å². The van der Waals surface area contributed by atoms with Crippen LogP contribution in [0.3, 0.4) is 0 Å². The van der Waals surface area contributed by atoms with Gasteiger partial charge < -0.3 is 14.2 Å². The zero-order valence-corrected chi connectivity index (χ0v) is 16.9. The number of rotatable bonds is 3. The zero-order chi connectivity index (χ0) is 22.1. The Hall–Kier alpha value is -3.55. The standard InChI is InChI=1S/C23H20F2N2O4/c1-14-2-4-17-16(13-22(29)31-20(17)10-14)12-21(28)26-6-8-27(9-7-26)23(30)15-3-5-18(24)19(25)11-15/h2-5,10-11,13H,6-9,12H2,1H3. The number of hydrogen-bond donors (Lipinski definition) is 0. The molecule has 0 bridgehead atoms. The SMILES string of the molecule is Cc1ccc2c(CC(=O)N3CCN(C(=O)c4ccc(F)c(F)c4)CC3)cc(=O)oc2c1. The quantitative estimate of drug-likeness (QED) is 0.604. The van der Waals surface area contributed by atoms with Crippen molar-refractivity contribution in [2.45, 2.75) is 13.3 Å². The third-order valence-electron chi connectivity index (χ3n) is 5.41. The Bertz CT molecular complexity index is 1230. The zero-order valence-electron chi connectivity index (χ0n) is 16.9. The summed E-state index contributed by atoms with van der Waals surface area (Å²) >= 11 is 0. The Labute approximate surface area is 176 Å². The number of nitrogens with zero attached hydrogens (tertiary/aromatic N) is 2. The molecular formula is C23H20F2N2O4. The first kappa shape index (κ1) is 20.7. The summed E-state index contributed by atoms with van der Waals surface area (Å²) in [5.74, 6) is -2.65. The first-order valence-corrected chi connectivity index (χ1v) is 9.87. The van der Waals surface area contributed by atoms with Crippen LogP contribution in [0.4, 0.5) is 8.78 Å². The van der Waals surface area contributed by atoms with Crippen LogP contribution in [0.5, 0.6) is 0 Å². The summed E-state index contributed by atoms with van der Waals surface area (Å²) in [6, 6.07) is 9.85. The van der Waals surface area contributed by atoms with Crippen molar-refractivity contribution >= 4 is 22.8 Å². The van der Waals surface area contributed by atoms with E-state index in [-0.39, 0.29) is 31.0 Å². The maximum absolute atomic E-state index is 13.4. The predicted molar refractivity (Wildman–Crippen MR) is 110 cm³/mol. The van der Waals surface area contributed by atoms with Crippen LogP contribution in [-0.4, -0.2) is 47.8 Å². The van der Waals surface area contributed by atoms with E-state index in [4.69, 9.17) is 4.42 Å². The number of hydrogen-bond acceptors (Lipinski definition) is 4. The molecule has 2 aromatic carbocycles. The van der Waals surface area contributed by atoms with Crippen molar-refractivity contribution in [1.29, 1.82) is 0 Å². The molecule has 8 heteroatoms. The Morgan fingerprint density at radius 1 is 0.935 bits per heavy atom. The predicted octanol–water partition coefficient (Wildman–Crippen LogP) is 2.91. The lowest BCUT2D eigenvalue weighted by Crippen LogP contribution is -2.51. The van der Waals surface area contributed by atoms with E-state index in [9.17, 15) is 23.2 Å². The van der Waals surface area contributed by atoms with Gasteiger partial charge in [0.1, 0.15) is 5.58 Å². The third kappa shape index (κ3) is 4.33. The molecular weight excluding hydrogens is 406 g/mol. The van der Waals surface area contributed by atoms with Crippen LogP contribution in [0.25, 0.3) is 11.0 Å². The second kappa shape index (κ2) is 8.29. The van der Waals surface area contributed by atoms with E-state index in [1.807, 2.05) is 19.1 Å². The highest BCUT2D eigenvalue weighted by molar-refractivity contribution is 5.94. The van der Waals surface area contributed by atoms with Crippen molar-refractivity contribution in [3.8, 4) is 0 Å². The highest BCUT2D eigenvalue weighted by Gasteiger charge is 2.26. The molecule has 1 aromatic heterocycles. The lowest BCUT2D eigenvalue weighted by Gasteiger charge is -2.35. The maximum Gasteiger partial charge on any atom is 0.336 e. The topological polar surface area (TPSA) is 70.8 Å². The number of benzene rings is 2. The summed E-state index contributed by atoms with van der Waals surface area (Å²) in [5, 5.41) is 0.714. The first-order valence-electron chi connectivity index (χ1n) is 9.87. The van der Waals surface area contributed by atoms with Gasteiger partial charge in [0.25, 0.3) is 5.91 Å². The van der Waals surface area contributed by atoms with Crippen molar-refractivity contribution in [2.75, 3.05) is 26.2 Å². The smallest absolute Gasteiger partial charge is 0.336 e. The van der Waals surface area contributed by atoms with Crippen LogP contribution in [-0.2, 0) is 11.2 Å². The molecule has 2 amide bonds. The van der Waals surface area contributed by atoms with Gasteiger partial charge in [0.2, 0.25) is 5.91 Å². The van der Waals surface area contributed by atoms with Gasteiger partial charge in [0.05, 0.1) is 6.42 Å². The van der Waals surface area contributed by atoms with E-state index >= 15 is 0 Å². The fourth-order valence-corrected chi connectivity index (χ4v) is 3.73. The minimum Gasteiger partial charge on any atom is -0.423 e. The molecule has 1 fully saturated rings. The van der Waals surface area contributed by atoms with Gasteiger partial charge in [-0.25, -0.2) is 13.6 Å². The van der Waals surface area contributed by atoms with E-state index in [0.717, 1.165) is 17.7 Å². The second-order valence-electron chi connectivity index (χ2n) is 7.57. The van der Waals surface area contributed by atoms with Gasteiger partial charge in [0, 0.05) is 43.2 Å². The highest BCUT2D eigenvalue weighted by atomic mass is 19.2. The molecule has 0 N–H and O–H groups in total. The summed E-state index contributed by atoms with van der Waals surface area (Å²) in [4.78, 5) is 40.4. The number of carbonyl (C=O) groups is 2. The molecule has 0 aliphatic carbocycles. The summed E-state index contributed by atoms with van der Waals surface area (Å²) in [7, 11) is 0. The first-order chi connectivity index (χ1) is 14.8. The fourth-order valence-electron chi connectivity index (χ4n) is 3.73. The van der Waals surface area contributed by atoms with Crippen LogP contribution in [0.15, 0.2) is 51.7 Å². The molecule has 0 radical (unpaired) electrons. The molecule has 3 aromatic rings. The van der Waals surface area contributed by atoms with Crippen LogP contribution in [0.1, 0.15) is 21.5 Å². The normalized spacial score (nSPS) is 14.2. The highest BCUT2D eigenvalue weighted by Crippen LogP contribution is 2.20. The summed E-state index contributed by atoms with van der Waals surface area (Å²) < 4.78 is 31.7. The van der Waals surface area contributed by atoms with Gasteiger partial charge in [-0.3, -0.25) is 9.59 Å². The number of piperazine rings is 1. The molecule has 0 saturated carbocycles. The summed E-state index contributed by atoms with van der Waals surface area (Å²) in [6.45, 7) is 3.07. The lowest BCUT2D eigenvalue weighted by molar-refractivity contribution is -0.131. The van der Waals surface area contributed by atoms with E-state index in [1.54, 1.807) is 11.0 Å². The van der Waals surface area contributed by atoms with E-state index in [1.165, 1.54) is 17.0 Å². The third-order valence-corrected chi connectivity index (χ3v) is 5.41. The Kier molecular flexibility index (Phi) is 5.54. The number of carbonyl (C=O) groups excluding carboxylic acids is 2. The lowest BCUT2D eigenvalue weighted by atomic mass is 10.0. The molecule has 0 atom stereocenters. The molecule has 0 unspecified atom stereocenters. The largest absolute Gasteiger partial charge is 0.423 e. The van der Waals surface area contributed by atoms with Crippen LogP contribution < -0.4 is 5.63 Å². The molecule has 2 heterocycles. The Morgan fingerprint density at radius 2 is 1.65 bits per heavy atom.